The topological polar surface area (TPSA) is 119 Å². The van der Waals surface area contributed by atoms with Gasteiger partial charge in [0.25, 0.3) is 5.91 Å². The Morgan fingerprint density at radius 3 is 2.85 bits per heavy atom. The molecule has 2 aromatic heterocycles. The number of carbonyl (C=O) groups is 1. The van der Waals surface area contributed by atoms with Gasteiger partial charge in [-0.25, -0.2) is 4.98 Å². The third-order valence-corrected chi connectivity index (χ3v) is 5.05. The zero-order valence-corrected chi connectivity index (χ0v) is 14.8. The molecule has 6 N–H and O–H groups in total. The van der Waals surface area contributed by atoms with Crippen LogP contribution in [0.3, 0.4) is 0 Å². The molecule has 1 aliphatic heterocycles. The van der Waals surface area contributed by atoms with Crippen LogP contribution >= 0.6 is 0 Å². The lowest BCUT2D eigenvalue weighted by molar-refractivity contribution is 0.100. The van der Waals surface area contributed by atoms with E-state index >= 15 is 0 Å². The standard InChI is InChI=1S/C19H21N5O2/c1-9-5-6-13(25)10(2)15(9)24-16(20)14(17(21)26)12-8-11-4-3-7-22-18(11)23-19(12)24/h5-6,8,25H,3-4,7,20H2,1-2H3,(H2,21,26)(H,22,23). The van der Waals surface area contributed by atoms with E-state index in [1.807, 2.05) is 26.0 Å². The molecule has 4 rings (SSSR count). The summed E-state index contributed by atoms with van der Waals surface area (Å²) < 4.78 is 1.72. The molecular formula is C19H21N5O2. The molecule has 3 heterocycles. The van der Waals surface area contributed by atoms with Crippen molar-refractivity contribution in [3.05, 3.63) is 40.5 Å². The van der Waals surface area contributed by atoms with E-state index in [2.05, 4.69) is 5.32 Å². The Morgan fingerprint density at radius 2 is 2.12 bits per heavy atom. The Morgan fingerprint density at radius 1 is 1.35 bits per heavy atom. The van der Waals surface area contributed by atoms with Crippen LogP contribution in [0.4, 0.5) is 11.6 Å². The number of fused-ring (bicyclic) bond motifs is 2. The molecule has 0 aliphatic carbocycles. The average molecular weight is 351 g/mol. The van der Waals surface area contributed by atoms with Crippen LogP contribution in [-0.2, 0) is 6.42 Å². The lowest BCUT2D eigenvalue weighted by Crippen LogP contribution is -2.14. The maximum atomic E-state index is 12.1. The maximum Gasteiger partial charge on any atom is 0.253 e. The molecular weight excluding hydrogens is 330 g/mol. The number of nitrogens with zero attached hydrogens (tertiary/aromatic N) is 2. The summed E-state index contributed by atoms with van der Waals surface area (Å²) in [6, 6.07) is 5.40. The van der Waals surface area contributed by atoms with Gasteiger partial charge in [-0.2, -0.15) is 0 Å². The molecule has 7 heteroatoms. The number of nitrogen functional groups attached to an aromatic ring is 1. The molecule has 1 amide bonds. The Kier molecular flexibility index (Phi) is 3.54. The fraction of sp³-hybridized carbons (Fsp3) is 0.263. The summed E-state index contributed by atoms with van der Waals surface area (Å²) in [5.41, 5.74) is 16.1. The van der Waals surface area contributed by atoms with Crippen molar-refractivity contribution in [3.8, 4) is 11.4 Å². The molecule has 1 aliphatic rings. The molecule has 0 saturated carbocycles. The van der Waals surface area contributed by atoms with Gasteiger partial charge in [-0.3, -0.25) is 9.36 Å². The number of phenols is 1. The molecule has 134 valence electrons. The number of amides is 1. The van der Waals surface area contributed by atoms with Crippen LogP contribution in [-0.4, -0.2) is 27.1 Å². The van der Waals surface area contributed by atoms with Crippen molar-refractivity contribution < 1.29 is 9.90 Å². The zero-order valence-electron chi connectivity index (χ0n) is 14.8. The van der Waals surface area contributed by atoms with Gasteiger partial charge in [-0.1, -0.05) is 6.07 Å². The fourth-order valence-corrected chi connectivity index (χ4v) is 3.75. The average Bonchev–Trinajstić information content (AvgIpc) is 2.88. The minimum atomic E-state index is -0.591. The Bertz CT molecular complexity index is 1070. The number of nitrogens with two attached hydrogens (primary N) is 2. The first-order valence-corrected chi connectivity index (χ1v) is 8.57. The number of carbonyl (C=O) groups excluding carboxylic acids is 1. The van der Waals surface area contributed by atoms with Gasteiger partial charge in [0.2, 0.25) is 0 Å². The van der Waals surface area contributed by atoms with Crippen LogP contribution in [0.5, 0.6) is 5.75 Å². The largest absolute Gasteiger partial charge is 0.508 e. The molecule has 0 saturated heterocycles. The monoisotopic (exact) mass is 351 g/mol. The summed E-state index contributed by atoms with van der Waals surface area (Å²) in [7, 11) is 0. The van der Waals surface area contributed by atoms with E-state index < -0.39 is 5.91 Å². The molecule has 3 aromatic rings. The third-order valence-electron chi connectivity index (χ3n) is 5.05. The first-order valence-electron chi connectivity index (χ1n) is 8.57. The number of primary amides is 1. The highest BCUT2D eigenvalue weighted by atomic mass is 16.3. The molecule has 1 aromatic carbocycles. The summed E-state index contributed by atoms with van der Waals surface area (Å²) in [5, 5.41) is 14.1. The predicted octanol–water partition coefficient (Wildman–Crippen LogP) is 2.39. The first kappa shape index (κ1) is 16.3. The van der Waals surface area contributed by atoms with Gasteiger partial charge in [0.15, 0.2) is 0 Å². The van der Waals surface area contributed by atoms with Gasteiger partial charge in [0.1, 0.15) is 23.0 Å². The zero-order chi connectivity index (χ0) is 18.6. The van der Waals surface area contributed by atoms with E-state index in [9.17, 15) is 9.90 Å². The number of aromatic nitrogens is 2. The van der Waals surface area contributed by atoms with Crippen molar-refractivity contribution in [2.24, 2.45) is 5.73 Å². The van der Waals surface area contributed by atoms with Crippen LogP contribution in [0.1, 0.15) is 33.5 Å². The number of rotatable bonds is 2. The lowest BCUT2D eigenvalue weighted by Gasteiger charge is -2.18. The lowest BCUT2D eigenvalue weighted by atomic mass is 10.0. The number of nitrogens with one attached hydrogen (secondary N) is 1. The molecule has 0 radical (unpaired) electrons. The van der Waals surface area contributed by atoms with E-state index in [0.29, 0.717) is 22.3 Å². The van der Waals surface area contributed by atoms with Gasteiger partial charge in [-0.05, 0) is 49.9 Å². The van der Waals surface area contributed by atoms with E-state index in [0.717, 1.165) is 36.3 Å². The summed E-state index contributed by atoms with van der Waals surface area (Å²) in [5.74, 6) is 0.601. The number of anilines is 2. The highest BCUT2D eigenvalue weighted by molar-refractivity contribution is 6.11. The minimum Gasteiger partial charge on any atom is -0.508 e. The molecule has 0 bridgehead atoms. The second-order valence-electron chi connectivity index (χ2n) is 6.73. The highest BCUT2D eigenvalue weighted by Gasteiger charge is 2.25. The number of pyridine rings is 1. The highest BCUT2D eigenvalue weighted by Crippen LogP contribution is 2.37. The van der Waals surface area contributed by atoms with Crippen LogP contribution in [0.2, 0.25) is 0 Å². The van der Waals surface area contributed by atoms with Crippen LogP contribution in [0, 0.1) is 13.8 Å². The molecule has 0 unspecified atom stereocenters. The van der Waals surface area contributed by atoms with Gasteiger partial charge in [0.05, 0.1) is 11.3 Å². The summed E-state index contributed by atoms with van der Waals surface area (Å²) >= 11 is 0. The van der Waals surface area contributed by atoms with E-state index in [4.69, 9.17) is 16.5 Å². The van der Waals surface area contributed by atoms with Crippen molar-refractivity contribution in [3.63, 3.8) is 0 Å². The van der Waals surface area contributed by atoms with Crippen molar-refractivity contribution >= 4 is 28.6 Å². The number of aromatic hydroxyl groups is 1. The second kappa shape index (κ2) is 5.66. The first-order chi connectivity index (χ1) is 12.4. The Balaban J connectivity index is 2.15. The summed E-state index contributed by atoms with van der Waals surface area (Å²) in [4.78, 5) is 16.9. The molecule has 7 nitrogen and oxygen atoms in total. The van der Waals surface area contributed by atoms with Crippen molar-refractivity contribution in [2.45, 2.75) is 26.7 Å². The quantitative estimate of drug-likeness (QED) is 0.565. The van der Waals surface area contributed by atoms with Gasteiger partial charge in [-0.15, -0.1) is 0 Å². The second-order valence-corrected chi connectivity index (χ2v) is 6.73. The smallest absolute Gasteiger partial charge is 0.253 e. The van der Waals surface area contributed by atoms with Crippen LogP contribution < -0.4 is 16.8 Å². The Hall–Kier alpha value is -3.22. The third kappa shape index (κ3) is 2.20. The van der Waals surface area contributed by atoms with E-state index in [1.54, 1.807) is 10.6 Å². The minimum absolute atomic E-state index is 0.156. The van der Waals surface area contributed by atoms with Crippen molar-refractivity contribution in [1.29, 1.82) is 0 Å². The predicted molar refractivity (Wildman–Crippen MR) is 102 cm³/mol. The van der Waals surface area contributed by atoms with Crippen LogP contribution in [0.25, 0.3) is 16.7 Å². The van der Waals surface area contributed by atoms with E-state index in [1.165, 1.54) is 0 Å². The maximum absolute atomic E-state index is 12.1. The molecule has 26 heavy (non-hydrogen) atoms. The van der Waals surface area contributed by atoms with Crippen molar-refractivity contribution in [2.75, 3.05) is 17.6 Å². The molecule has 0 spiro atoms. The number of benzene rings is 1. The number of hydrogen-bond donors (Lipinski definition) is 4. The SMILES string of the molecule is Cc1ccc(O)c(C)c1-n1c(N)c(C(N)=O)c2cc3c(nc21)NCCC3. The van der Waals surface area contributed by atoms with Gasteiger partial charge < -0.3 is 21.9 Å². The molecule has 0 atom stereocenters. The van der Waals surface area contributed by atoms with Crippen molar-refractivity contribution in [1.82, 2.24) is 9.55 Å². The van der Waals surface area contributed by atoms with E-state index in [-0.39, 0.29) is 17.1 Å². The normalized spacial score (nSPS) is 13.5. The summed E-state index contributed by atoms with van der Waals surface area (Å²) in [6.45, 7) is 4.59. The number of hydrogen-bond acceptors (Lipinski definition) is 5. The van der Waals surface area contributed by atoms with Crippen LogP contribution in [0.15, 0.2) is 18.2 Å². The summed E-state index contributed by atoms with van der Waals surface area (Å²) in [6.07, 6.45) is 1.89. The number of aryl methyl sites for hydroxylation is 2. The van der Waals surface area contributed by atoms with Gasteiger partial charge in [0, 0.05) is 17.5 Å². The number of phenolic OH excluding ortho intramolecular Hbond substituents is 1. The van der Waals surface area contributed by atoms with Gasteiger partial charge >= 0.3 is 0 Å². The fourth-order valence-electron chi connectivity index (χ4n) is 3.75. The Labute approximate surface area is 150 Å². The molecule has 0 fully saturated rings.